The molecule has 0 unspecified atom stereocenters. The van der Waals surface area contributed by atoms with E-state index >= 15 is 0 Å². The van der Waals surface area contributed by atoms with Crippen LogP contribution in [-0.2, 0) is 16.6 Å². The van der Waals surface area contributed by atoms with E-state index < -0.39 is 15.9 Å². The third kappa shape index (κ3) is 5.59. The Morgan fingerprint density at radius 1 is 0.943 bits per heavy atom. The summed E-state index contributed by atoms with van der Waals surface area (Å²) < 4.78 is 36.5. The number of hydrogen-bond acceptors (Lipinski definition) is 6. The Hall–Kier alpha value is -4.37. The molecule has 35 heavy (non-hydrogen) atoms. The van der Waals surface area contributed by atoms with Crippen LogP contribution in [0.15, 0.2) is 94.9 Å². The SMILES string of the molecule is COc1ccc(/C=N/NS(=O)(=O)c2ccc3ccccc3c2)cc1COc1ccccc1C(N)=O. The second-order valence-electron chi connectivity index (χ2n) is 7.58. The molecule has 0 aliphatic carbocycles. The van der Waals surface area contributed by atoms with Crippen molar-refractivity contribution in [3.05, 3.63) is 102 Å². The van der Waals surface area contributed by atoms with Crippen LogP contribution in [0, 0.1) is 0 Å². The smallest absolute Gasteiger partial charge is 0.276 e. The van der Waals surface area contributed by atoms with Crippen molar-refractivity contribution < 1.29 is 22.7 Å². The number of nitrogens with one attached hydrogen (secondary N) is 1. The van der Waals surface area contributed by atoms with E-state index in [2.05, 4.69) is 9.93 Å². The van der Waals surface area contributed by atoms with Crippen LogP contribution in [0.3, 0.4) is 0 Å². The summed E-state index contributed by atoms with van der Waals surface area (Å²) in [5.41, 5.74) is 6.97. The second kappa shape index (κ2) is 10.3. The zero-order chi connectivity index (χ0) is 24.8. The van der Waals surface area contributed by atoms with Gasteiger partial charge in [-0.15, -0.1) is 0 Å². The lowest BCUT2D eigenvalue weighted by molar-refractivity contribution is 0.0996. The molecule has 0 saturated carbocycles. The van der Waals surface area contributed by atoms with Crippen LogP contribution in [0.5, 0.6) is 11.5 Å². The van der Waals surface area contributed by atoms with E-state index in [0.29, 0.717) is 22.6 Å². The molecule has 0 bridgehead atoms. The Balaban J connectivity index is 1.49. The fraction of sp³-hybridized carbons (Fsp3) is 0.0769. The molecule has 0 heterocycles. The Labute approximate surface area is 203 Å². The molecule has 3 N–H and O–H groups in total. The van der Waals surface area contributed by atoms with Crippen LogP contribution < -0.4 is 20.0 Å². The molecule has 0 fully saturated rings. The topological polar surface area (TPSA) is 120 Å². The van der Waals surface area contributed by atoms with Crippen molar-refractivity contribution in [3.63, 3.8) is 0 Å². The molecule has 0 aliphatic rings. The van der Waals surface area contributed by atoms with Gasteiger partial charge in [-0.05, 0) is 58.8 Å². The molecule has 1 amide bonds. The summed E-state index contributed by atoms with van der Waals surface area (Å²) in [6, 6.07) is 24.3. The summed E-state index contributed by atoms with van der Waals surface area (Å²) >= 11 is 0. The molecule has 0 radical (unpaired) electrons. The molecule has 8 nitrogen and oxygen atoms in total. The number of fused-ring (bicyclic) bond motifs is 1. The summed E-state index contributed by atoms with van der Waals surface area (Å²) in [6.45, 7) is 0.0952. The highest BCUT2D eigenvalue weighted by molar-refractivity contribution is 7.89. The molecule has 9 heteroatoms. The van der Waals surface area contributed by atoms with E-state index in [4.69, 9.17) is 15.2 Å². The quantitative estimate of drug-likeness (QED) is 0.273. The molecule has 0 aromatic heterocycles. The Bertz CT molecular complexity index is 1520. The summed E-state index contributed by atoms with van der Waals surface area (Å²) in [4.78, 5) is 14.0. The van der Waals surface area contributed by atoms with Gasteiger partial charge in [0, 0.05) is 5.56 Å². The number of benzene rings is 4. The number of nitrogens with zero attached hydrogens (tertiary/aromatic N) is 1. The number of para-hydroxylation sites is 1. The number of hydrogen-bond donors (Lipinski definition) is 2. The van der Waals surface area contributed by atoms with Gasteiger partial charge in [-0.2, -0.15) is 13.5 Å². The maximum absolute atomic E-state index is 12.7. The monoisotopic (exact) mass is 489 g/mol. The number of rotatable bonds is 9. The third-order valence-corrected chi connectivity index (χ3v) is 6.48. The van der Waals surface area contributed by atoms with E-state index in [0.717, 1.165) is 10.8 Å². The Morgan fingerprint density at radius 2 is 1.69 bits per heavy atom. The van der Waals surface area contributed by atoms with Crippen LogP contribution >= 0.6 is 0 Å². The number of carbonyl (C=O) groups excluding carboxylic acids is 1. The minimum atomic E-state index is -3.85. The molecule has 0 spiro atoms. The lowest BCUT2D eigenvalue weighted by atomic mass is 10.1. The minimum Gasteiger partial charge on any atom is -0.496 e. The average Bonchev–Trinajstić information content (AvgIpc) is 2.87. The van der Waals surface area contributed by atoms with Gasteiger partial charge >= 0.3 is 0 Å². The van der Waals surface area contributed by atoms with Crippen molar-refractivity contribution in [1.29, 1.82) is 0 Å². The fourth-order valence-corrected chi connectivity index (χ4v) is 4.33. The first kappa shape index (κ1) is 23.8. The van der Waals surface area contributed by atoms with Gasteiger partial charge in [0.15, 0.2) is 0 Å². The van der Waals surface area contributed by atoms with E-state index in [1.807, 2.05) is 24.3 Å². The number of methoxy groups -OCH3 is 1. The highest BCUT2D eigenvalue weighted by Crippen LogP contribution is 2.24. The molecule has 4 aromatic rings. The fourth-order valence-electron chi connectivity index (χ4n) is 3.50. The van der Waals surface area contributed by atoms with E-state index in [9.17, 15) is 13.2 Å². The first-order valence-electron chi connectivity index (χ1n) is 10.6. The van der Waals surface area contributed by atoms with Crippen LogP contribution in [0.25, 0.3) is 10.8 Å². The van der Waals surface area contributed by atoms with Crippen molar-refractivity contribution in [3.8, 4) is 11.5 Å². The summed E-state index contributed by atoms with van der Waals surface area (Å²) in [7, 11) is -2.32. The second-order valence-corrected chi connectivity index (χ2v) is 9.24. The third-order valence-electron chi connectivity index (χ3n) is 5.26. The van der Waals surface area contributed by atoms with Crippen molar-refractivity contribution in [2.45, 2.75) is 11.5 Å². The van der Waals surface area contributed by atoms with Gasteiger partial charge in [-0.25, -0.2) is 4.83 Å². The first-order valence-corrected chi connectivity index (χ1v) is 12.1. The van der Waals surface area contributed by atoms with Gasteiger partial charge in [-0.1, -0.05) is 42.5 Å². The predicted octanol–water partition coefficient (Wildman–Crippen LogP) is 3.84. The molecular formula is C26H23N3O5S. The van der Waals surface area contributed by atoms with Gasteiger partial charge in [0.25, 0.3) is 15.9 Å². The molecule has 0 saturated heterocycles. The average molecular weight is 490 g/mol. The van der Waals surface area contributed by atoms with Gasteiger partial charge in [-0.3, -0.25) is 4.79 Å². The van der Waals surface area contributed by atoms with Crippen LogP contribution in [0.2, 0.25) is 0 Å². The van der Waals surface area contributed by atoms with Crippen molar-refractivity contribution in [2.24, 2.45) is 10.8 Å². The zero-order valence-corrected chi connectivity index (χ0v) is 19.7. The van der Waals surface area contributed by atoms with Gasteiger partial charge in [0.2, 0.25) is 0 Å². The number of amides is 1. The minimum absolute atomic E-state index is 0.0952. The maximum atomic E-state index is 12.7. The number of carbonyl (C=O) groups is 1. The van der Waals surface area contributed by atoms with Crippen molar-refractivity contribution in [1.82, 2.24) is 4.83 Å². The molecular weight excluding hydrogens is 466 g/mol. The number of nitrogens with two attached hydrogens (primary N) is 1. The van der Waals surface area contributed by atoms with Crippen molar-refractivity contribution in [2.75, 3.05) is 7.11 Å². The Kier molecular flexibility index (Phi) is 6.98. The van der Waals surface area contributed by atoms with Crippen LogP contribution in [-0.4, -0.2) is 27.6 Å². The van der Waals surface area contributed by atoms with Gasteiger partial charge < -0.3 is 15.2 Å². The molecule has 0 atom stereocenters. The Morgan fingerprint density at radius 3 is 2.46 bits per heavy atom. The van der Waals surface area contributed by atoms with Crippen molar-refractivity contribution >= 4 is 32.9 Å². The molecule has 4 aromatic carbocycles. The lowest BCUT2D eigenvalue weighted by Gasteiger charge is -2.13. The summed E-state index contributed by atoms with van der Waals surface area (Å²) in [6.07, 6.45) is 1.39. The largest absolute Gasteiger partial charge is 0.496 e. The number of sulfonamides is 1. The normalized spacial score (nSPS) is 11.5. The predicted molar refractivity (Wildman–Crippen MR) is 134 cm³/mol. The molecule has 178 valence electrons. The number of ether oxygens (including phenoxy) is 2. The van der Waals surface area contributed by atoms with E-state index in [1.54, 1.807) is 54.6 Å². The van der Waals surface area contributed by atoms with Gasteiger partial charge in [0.05, 0.1) is 23.8 Å². The maximum Gasteiger partial charge on any atom is 0.276 e. The van der Waals surface area contributed by atoms with Crippen LogP contribution in [0.4, 0.5) is 0 Å². The van der Waals surface area contributed by atoms with Crippen LogP contribution in [0.1, 0.15) is 21.5 Å². The zero-order valence-electron chi connectivity index (χ0n) is 18.8. The summed E-state index contributed by atoms with van der Waals surface area (Å²) in [5, 5.41) is 5.68. The van der Waals surface area contributed by atoms with Gasteiger partial charge in [0.1, 0.15) is 18.1 Å². The lowest BCUT2D eigenvalue weighted by Crippen LogP contribution is -2.18. The first-order chi connectivity index (χ1) is 16.9. The van der Waals surface area contributed by atoms with E-state index in [-0.39, 0.29) is 17.1 Å². The highest BCUT2D eigenvalue weighted by atomic mass is 32.2. The molecule has 4 rings (SSSR count). The highest BCUT2D eigenvalue weighted by Gasteiger charge is 2.14. The number of primary amides is 1. The summed E-state index contributed by atoms with van der Waals surface area (Å²) in [5.74, 6) is 0.326. The molecule has 0 aliphatic heterocycles. The number of hydrazone groups is 1. The van der Waals surface area contributed by atoms with E-state index in [1.165, 1.54) is 19.4 Å². The standard InChI is InChI=1S/C26H23N3O5S/c1-33-24-13-10-18(14-21(24)17-34-25-9-5-4-8-23(25)26(27)30)16-28-29-35(31,32)22-12-11-19-6-2-3-7-20(19)15-22/h2-16,29H,17H2,1H3,(H2,27,30)/b28-16+.